The average Bonchev–Trinajstić information content (AvgIpc) is 3.67. The van der Waals surface area contributed by atoms with Gasteiger partial charge in [0.2, 0.25) is 0 Å². The van der Waals surface area contributed by atoms with Gasteiger partial charge in [-0.3, -0.25) is 0 Å². The fourth-order valence-electron chi connectivity index (χ4n) is 6.53. The van der Waals surface area contributed by atoms with Crippen LogP contribution in [0.5, 0.6) is 0 Å². The highest BCUT2D eigenvalue weighted by Crippen LogP contribution is 2.65. The maximum Gasteiger partial charge on any atom is 0.250 e. The fourth-order valence-corrected chi connectivity index (χ4v) is 8.26. The topological polar surface area (TPSA) is 40.6 Å². The van der Waals surface area contributed by atoms with E-state index in [1.807, 2.05) is 6.07 Å². The van der Waals surface area contributed by atoms with E-state index in [9.17, 15) is 21.6 Å². The first kappa shape index (κ1) is 23.6. The van der Waals surface area contributed by atoms with Gasteiger partial charge in [0.25, 0.3) is 5.92 Å². The normalized spacial score (nSPS) is 32.1. The SMILES string of the molecule is CCC1(c2cc(CS(=O)(=O)C3CC3)ccc2F)[C@@H]2CN(CCCN3CCC(F)(F)CC3)C[C@@H]21. The molecule has 4 fully saturated rings. The lowest BCUT2D eigenvalue weighted by Gasteiger charge is -2.32. The van der Waals surface area contributed by atoms with E-state index in [1.165, 1.54) is 6.07 Å². The summed E-state index contributed by atoms with van der Waals surface area (Å²) in [7, 11) is -3.13. The zero-order valence-corrected chi connectivity index (χ0v) is 20.2. The summed E-state index contributed by atoms with van der Waals surface area (Å²) in [4.78, 5) is 4.57. The Bertz CT molecular complexity index is 973. The molecule has 0 amide bonds. The number of benzene rings is 1. The molecule has 33 heavy (non-hydrogen) atoms. The van der Waals surface area contributed by atoms with Gasteiger partial charge in [0, 0.05) is 44.4 Å². The van der Waals surface area contributed by atoms with Gasteiger partial charge in [0.05, 0.1) is 11.0 Å². The van der Waals surface area contributed by atoms with Gasteiger partial charge in [-0.25, -0.2) is 21.6 Å². The highest BCUT2D eigenvalue weighted by molar-refractivity contribution is 7.91. The van der Waals surface area contributed by atoms with Crippen molar-refractivity contribution in [1.82, 2.24) is 9.80 Å². The molecule has 8 heteroatoms. The molecular weight excluding hydrogens is 449 g/mol. The summed E-state index contributed by atoms with van der Waals surface area (Å²) in [6, 6.07) is 4.91. The van der Waals surface area contributed by atoms with Crippen LogP contribution in [0.2, 0.25) is 0 Å². The van der Waals surface area contributed by atoms with E-state index < -0.39 is 15.8 Å². The number of halogens is 3. The van der Waals surface area contributed by atoms with E-state index in [0.29, 0.717) is 36.1 Å². The number of hydrogen-bond donors (Lipinski definition) is 0. The molecule has 0 N–H and O–H groups in total. The molecule has 1 aromatic carbocycles. The molecule has 2 aliphatic carbocycles. The van der Waals surface area contributed by atoms with Crippen molar-refractivity contribution in [2.45, 2.75) is 67.8 Å². The van der Waals surface area contributed by atoms with Crippen molar-refractivity contribution in [3.8, 4) is 0 Å². The third kappa shape index (κ3) is 4.59. The van der Waals surface area contributed by atoms with Crippen LogP contribution in [-0.4, -0.2) is 68.7 Å². The molecule has 5 rings (SSSR count). The molecule has 1 aromatic rings. The molecule has 1 unspecified atom stereocenters. The van der Waals surface area contributed by atoms with Crippen LogP contribution in [0.25, 0.3) is 0 Å². The van der Waals surface area contributed by atoms with Gasteiger partial charge in [0.15, 0.2) is 9.84 Å². The summed E-state index contributed by atoms with van der Waals surface area (Å²) in [5, 5.41) is -0.207. The number of nitrogens with zero attached hydrogens (tertiary/aromatic N) is 2. The number of likely N-dealkylation sites (tertiary alicyclic amines) is 2. The maximum atomic E-state index is 14.9. The van der Waals surface area contributed by atoms with Gasteiger partial charge in [-0.1, -0.05) is 19.1 Å². The number of hydrogen-bond acceptors (Lipinski definition) is 4. The molecule has 0 radical (unpaired) electrons. The summed E-state index contributed by atoms with van der Waals surface area (Å²) < 4.78 is 66.5. The Morgan fingerprint density at radius 1 is 1.03 bits per heavy atom. The first-order chi connectivity index (χ1) is 15.6. The minimum Gasteiger partial charge on any atom is -0.303 e. The first-order valence-electron chi connectivity index (χ1n) is 12.5. The highest BCUT2D eigenvalue weighted by Gasteiger charge is 2.68. The van der Waals surface area contributed by atoms with Gasteiger partial charge in [-0.15, -0.1) is 0 Å². The predicted molar refractivity (Wildman–Crippen MR) is 123 cm³/mol. The molecule has 2 saturated carbocycles. The van der Waals surface area contributed by atoms with E-state index in [1.54, 1.807) is 6.07 Å². The number of rotatable bonds is 9. The van der Waals surface area contributed by atoms with Crippen molar-refractivity contribution in [3.05, 3.63) is 35.1 Å². The summed E-state index contributed by atoms with van der Waals surface area (Å²) in [5.74, 6) is -1.89. The molecule has 0 aromatic heterocycles. The largest absolute Gasteiger partial charge is 0.303 e. The fraction of sp³-hybridized carbons (Fsp3) is 0.760. The van der Waals surface area contributed by atoms with Crippen LogP contribution in [0.15, 0.2) is 18.2 Å². The van der Waals surface area contributed by atoms with E-state index in [0.717, 1.165) is 51.9 Å². The molecule has 2 saturated heterocycles. The van der Waals surface area contributed by atoms with E-state index >= 15 is 0 Å². The summed E-state index contributed by atoms with van der Waals surface area (Å²) in [5.41, 5.74) is 1.23. The van der Waals surface area contributed by atoms with Crippen LogP contribution in [0.4, 0.5) is 13.2 Å². The number of alkyl halides is 2. The Balaban J connectivity index is 1.17. The quantitative estimate of drug-likeness (QED) is 0.526. The molecule has 4 nitrogen and oxygen atoms in total. The van der Waals surface area contributed by atoms with Crippen LogP contribution in [0.1, 0.15) is 56.6 Å². The maximum absolute atomic E-state index is 14.9. The lowest BCUT2D eigenvalue weighted by molar-refractivity contribution is -0.0553. The summed E-state index contributed by atoms with van der Waals surface area (Å²) >= 11 is 0. The second-order valence-electron chi connectivity index (χ2n) is 10.7. The minimum absolute atomic E-state index is 0.00856. The predicted octanol–water partition coefficient (Wildman–Crippen LogP) is 4.23. The van der Waals surface area contributed by atoms with Crippen molar-refractivity contribution < 1.29 is 21.6 Å². The summed E-state index contributed by atoms with van der Waals surface area (Å²) in [6.07, 6.45) is 3.25. The molecule has 2 heterocycles. The first-order valence-corrected chi connectivity index (χ1v) is 14.2. The molecule has 3 atom stereocenters. The minimum atomic E-state index is -3.13. The molecular formula is C25H35F3N2O2S. The van der Waals surface area contributed by atoms with Gasteiger partial charge >= 0.3 is 0 Å². The van der Waals surface area contributed by atoms with Gasteiger partial charge < -0.3 is 9.80 Å². The monoisotopic (exact) mass is 484 g/mol. The van der Waals surface area contributed by atoms with Crippen LogP contribution in [0, 0.1) is 17.7 Å². The van der Waals surface area contributed by atoms with Crippen molar-refractivity contribution in [2.75, 3.05) is 39.3 Å². The van der Waals surface area contributed by atoms with Gasteiger partial charge in [-0.05, 0) is 67.8 Å². The lowest BCUT2D eigenvalue weighted by Crippen LogP contribution is -2.40. The summed E-state index contributed by atoms with van der Waals surface area (Å²) in [6.45, 7) is 6.73. The van der Waals surface area contributed by atoms with Crippen molar-refractivity contribution >= 4 is 9.84 Å². The van der Waals surface area contributed by atoms with Gasteiger partial charge in [0.1, 0.15) is 5.82 Å². The van der Waals surface area contributed by atoms with Crippen LogP contribution < -0.4 is 0 Å². The number of sulfone groups is 1. The Kier molecular flexibility index (Phi) is 6.10. The zero-order valence-electron chi connectivity index (χ0n) is 19.4. The molecule has 2 aliphatic heterocycles. The van der Waals surface area contributed by atoms with E-state index in [4.69, 9.17) is 0 Å². The van der Waals surface area contributed by atoms with Crippen molar-refractivity contribution in [2.24, 2.45) is 11.8 Å². The Morgan fingerprint density at radius 2 is 1.67 bits per heavy atom. The highest BCUT2D eigenvalue weighted by atomic mass is 32.2. The third-order valence-corrected chi connectivity index (χ3v) is 10.9. The smallest absolute Gasteiger partial charge is 0.250 e. The second kappa shape index (κ2) is 8.52. The number of fused-ring (bicyclic) bond motifs is 1. The lowest BCUT2D eigenvalue weighted by atomic mass is 9.86. The molecule has 0 bridgehead atoms. The Labute approximate surface area is 195 Å². The standard InChI is InChI=1S/C25H35F3N2O2S/c1-2-25(20-14-18(4-7-23(20)26)17-33(31,32)19-5-6-19)21-15-30(16-22(21)25)11-3-10-29-12-8-24(27,28)9-13-29/h4,7,14,19,21-22H,2-3,5-6,8-13,15-17H2,1H3/t21-,22+,25?. The van der Waals surface area contributed by atoms with Crippen molar-refractivity contribution in [3.63, 3.8) is 0 Å². The molecule has 0 spiro atoms. The van der Waals surface area contributed by atoms with E-state index in [2.05, 4.69) is 16.7 Å². The van der Waals surface area contributed by atoms with Crippen LogP contribution in [-0.2, 0) is 21.0 Å². The van der Waals surface area contributed by atoms with Gasteiger partial charge in [-0.2, -0.15) is 0 Å². The molecule has 4 aliphatic rings. The Morgan fingerprint density at radius 3 is 2.27 bits per heavy atom. The van der Waals surface area contributed by atoms with Crippen molar-refractivity contribution in [1.29, 1.82) is 0 Å². The second-order valence-corrected chi connectivity index (χ2v) is 13.0. The van der Waals surface area contributed by atoms with Crippen LogP contribution in [0.3, 0.4) is 0 Å². The van der Waals surface area contributed by atoms with Crippen LogP contribution >= 0.6 is 0 Å². The third-order valence-electron chi connectivity index (χ3n) is 8.66. The number of piperidine rings is 2. The zero-order chi connectivity index (χ0) is 23.4. The Hall–Kier alpha value is -1.12. The van der Waals surface area contributed by atoms with E-state index in [-0.39, 0.29) is 35.1 Å². The average molecular weight is 485 g/mol. The molecule has 184 valence electrons.